The first-order valence-corrected chi connectivity index (χ1v) is 6.23. The molecular formula is C13H18ClN3. The van der Waals surface area contributed by atoms with Crippen LogP contribution in [0.1, 0.15) is 11.1 Å². The Morgan fingerprint density at radius 2 is 2.00 bits per heavy atom. The number of hydrogen-bond donors (Lipinski definition) is 2. The van der Waals surface area contributed by atoms with Crippen LogP contribution in [0, 0.1) is 6.92 Å². The van der Waals surface area contributed by atoms with Crippen LogP contribution >= 0.6 is 11.6 Å². The summed E-state index contributed by atoms with van der Waals surface area (Å²) in [6.45, 7) is 4.11. The summed E-state index contributed by atoms with van der Waals surface area (Å²) in [5.74, 6) is 0. The average Bonchev–Trinajstić information content (AvgIpc) is 2.60. The van der Waals surface area contributed by atoms with Crippen LogP contribution in [0.3, 0.4) is 0 Å². The summed E-state index contributed by atoms with van der Waals surface area (Å²) < 4.78 is 2.16. The van der Waals surface area contributed by atoms with Gasteiger partial charge in [0, 0.05) is 35.2 Å². The van der Waals surface area contributed by atoms with E-state index in [2.05, 4.69) is 16.8 Å². The number of aryl methyl sites for hydroxylation is 1. The molecule has 1 heterocycles. The molecule has 0 spiro atoms. The highest BCUT2D eigenvalue weighted by Crippen LogP contribution is 2.27. The van der Waals surface area contributed by atoms with Crippen LogP contribution < -0.4 is 11.5 Å². The summed E-state index contributed by atoms with van der Waals surface area (Å²) in [4.78, 5) is 0. The lowest BCUT2D eigenvalue weighted by molar-refractivity contribution is 0.731. The second kappa shape index (κ2) is 5.08. The number of hydrogen-bond acceptors (Lipinski definition) is 2. The van der Waals surface area contributed by atoms with Crippen molar-refractivity contribution in [2.45, 2.75) is 19.9 Å². The van der Waals surface area contributed by atoms with E-state index in [1.807, 2.05) is 13.0 Å². The Morgan fingerprint density at radius 1 is 1.24 bits per heavy atom. The quantitative estimate of drug-likeness (QED) is 0.874. The number of rotatable bonds is 4. The number of halogens is 1. The summed E-state index contributed by atoms with van der Waals surface area (Å²) in [5, 5.41) is 2.04. The van der Waals surface area contributed by atoms with Crippen molar-refractivity contribution in [2.75, 3.05) is 13.1 Å². The Labute approximate surface area is 106 Å². The van der Waals surface area contributed by atoms with Crippen LogP contribution in [0.4, 0.5) is 0 Å². The lowest BCUT2D eigenvalue weighted by Crippen LogP contribution is -2.08. The average molecular weight is 252 g/mol. The first-order chi connectivity index (χ1) is 8.17. The van der Waals surface area contributed by atoms with Gasteiger partial charge in [0.25, 0.3) is 0 Å². The molecule has 0 saturated heterocycles. The zero-order valence-electron chi connectivity index (χ0n) is 10.0. The minimum absolute atomic E-state index is 0.622. The molecule has 0 fully saturated rings. The van der Waals surface area contributed by atoms with E-state index in [1.54, 1.807) is 0 Å². The first-order valence-electron chi connectivity index (χ1n) is 5.85. The van der Waals surface area contributed by atoms with E-state index in [-0.39, 0.29) is 0 Å². The molecule has 0 aliphatic heterocycles. The number of aromatic nitrogens is 1. The lowest BCUT2D eigenvalue weighted by atomic mass is 10.1. The molecule has 1 aromatic carbocycles. The molecule has 0 saturated carbocycles. The van der Waals surface area contributed by atoms with Crippen molar-refractivity contribution < 1.29 is 0 Å². The molecule has 2 rings (SSSR count). The Hall–Kier alpha value is -1.03. The van der Waals surface area contributed by atoms with Gasteiger partial charge in [-0.05, 0) is 43.1 Å². The van der Waals surface area contributed by atoms with Crippen LogP contribution in [0.2, 0.25) is 5.02 Å². The third-order valence-corrected chi connectivity index (χ3v) is 3.43. The molecule has 3 nitrogen and oxygen atoms in total. The molecule has 17 heavy (non-hydrogen) atoms. The molecule has 4 N–H and O–H groups in total. The summed E-state index contributed by atoms with van der Waals surface area (Å²) in [6, 6.07) is 4.15. The van der Waals surface area contributed by atoms with Crippen molar-refractivity contribution in [1.29, 1.82) is 0 Å². The second-order valence-electron chi connectivity index (χ2n) is 4.29. The van der Waals surface area contributed by atoms with Gasteiger partial charge < -0.3 is 16.0 Å². The maximum atomic E-state index is 6.18. The van der Waals surface area contributed by atoms with Crippen LogP contribution in [0.5, 0.6) is 0 Å². The van der Waals surface area contributed by atoms with Crippen LogP contribution in [0.15, 0.2) is 18.3 Å². The minimum atomic E-state index is 0.622. The molecule has 0 atom stereocenters. The Kier molecular flexibility index (Phi) is 3.72. The van der Waals surface area contributed by atoms with Gasteiger partial charge in [-0.2, -0.15) is 0 Å². The fraction of sp³-hybridized carbons (Fsp3) is 0.385. The molecule has 0 amide bonds. The SMILES string of the molecule is Cc1cc2c(CCN)cn(CCN)c2cc1Cl. The van der Waals surface area contributed by atoms with Crippen molar-refractivity contribution in [3.8, 4) is 0 Å². The van der Waals surface area contributed by atoms with Gasteiger partial charge in [0.15, 0.2) is 0 Å². The molecular weight excluding hydrogens is 234 g/mol. The fourth-order valence-electron chi connectivity index (χ4n) is 2.17. The van der Waals surface area contributed by atoms with Crippen LogP contribution in [-0.2, 0) is 13.0 Å². The summed E-state index contributed by atoms with van der Waals surface area (Å²) in [7, 11) is 0. The number of nitrogens with two attached hydrogens (primary N) is 2. The Bertz CT molecular complexity index is 485. The third-order valence-electron chi connectivity index (χ3n) is 3.03. The van der Waals surface area contributed by atoms with Crippen molar-refractivity contribution in [3.63, 3.8) is 0 Å². The fourth-order valence-corrected chi connectivity index (χ4v) is 2.33. The zero-order chi connectivity index (χ0) is 12.4. The van der Waals surface area contributed by atoms with Gasteiger partial charge in [0.05, 0.1) is 0 Å². The van der Waals surface area contributed by atoms with Gasteiger partial charge in [0.1, 0.15) is 0 Å². The predicted molar refractivity (Wildman–Crippen MR) is 73.5 cm³/mol. The molecule has 0 radical (unpaired) electrons. The van der Waals surface area contributed by atoms with Gasteiger partial charge in [-0.3, -0.25) is 0 Å². The van der Waals surface area contributed by atoms with Gasteiger partial charge in [-0.1, -0.05) is 11.6 Å². The number of fused-ring (bicyclic) bond motifs is 1. The monoisotopic (exact) mass is 251 g/mol. The van der Waals surface area contributed by atoms with Gasteiger partial charge in [-0.15, -0.1) is 0 Å². The van der Waals surface area contributed by atoms with Crippen molar-refractivity contribution in [1.82, 2.24) is 4.57 Å². The molecule has 0 aliphatic rings. The van der Waals surface area contributed by atoms with Crippen molar-refractivity contribution in [2.24, 2.45) is 11.5 Å². The maximum Gasteiger partial charge on any atom is 0.0498 e. The smallest absolute Gasteiger partial charge is 0.0498 e. The van der Waals surface area contributed by atoms with E-state index in [1.165, 1.54) is 10.9 Å². The molecule has 92 valence electrons. The van der Waals surface area contributed by atoms with E-state index >= 15 is 0 Å². The summed E-state index contributed by atoms with van der Waals surface area (Å²) in [5.41, 5.74) is 14.8. The van der Waals surface area contributed by atoms with E-state index in [0.717, 1.165) is 29.1 Å². The highest BCUT2D eigenvalue weighted by Gasteiger charge is 2.09. The number of nitrogens with zero attached hydrogens (tertiary/aromatic N) is 1. The Morgan fingerprint density at radius 3 is 2.65 bits per heavy atom. The normalized spacial score (nSPS) is 11.3. The highest BCUT2D eigenvalue weighted by atomic mass is 35.5. The van der Waals surface area contributed by atoms with Crippen molar-refractivity contribution >= 4 is 22.5 Å². The molecule has 1 aromatic heterocycles. The van der Waals surface area contributed by atoms with Gasteiger partial charge in [0.2, 0.25) is 0 Å². The van der Waals surface area contributed by atoms with E-state index in [4.69, 9.17) is 23.1 Å². The lowest BCUT2D eigenvalue weighted by Gasteiger charge is -2.04. The molecule has 0 bridgehead atoms. The van der Waals surface area contributed by atoms with E-state index in [0.29, 0.717) is 13.1 Å². The standard InChI is InChI=1S/C13H18ClN3/c1-9-6-11-10(2-3-15)8-17(5-4-16)13(11)7-12(9)14/h6-8H,2-5,15-16H2,1H3. The van der Waals surface area contributed by atoms with Crippen LogP contribution in [0.25, 0.3) is 10.9 Å². The molecule has 4 heteroatoms. The van der Waals surface area contributed by atoms with Gasteiger partial charge in [-0.25, -0.2) is 0 Å². The second-order valence-corrected chi connectivity index (χ2v) is 4.70. The predicted octanol–water partition coefficient (Wildman–Crippen LogP) is 2.06. The molecule has 0 unspecified atom stereocenters. The van der Waals surface area contributed by atoms with E-state index in [9.17, 15) is 0 Å². The molecule has 2 aromatic rings. The van der Waals surface area contributed by atoms with Crippen LogP contribution in [-0.4, -0.2) is 17.7 Å². The summed E-state index contributed by atoms with van der Waals surface area (Å²) >= 11 is 6.18. The maximum absolute atomic E-state index is 6.18. The topological polar surface area (TPSA) is 57.0 Å². The third kappa shape index (κ3) is 2.32. The van der Waals surface area contributed by atoms with Crippen molar-refractivity contribution in [3.05, 3.63) is 34.5 Å². The first kappa shape index (κ1) is 12.4. The van der Waals surface area contributed by atoms with Gasteiger partial charge >= 0.3 is 0 Å². The molecule has 0 aliphatic carbocycles. The Balaban J connectivity index is 2.63. The van der Waals surface area contributed by atoms with E-state index < -0.39 is 0 Å². The largest absolute Gasteiger partial charge is 0.346 e. The minimum Gasteiger partial charge on any atom is -0.346 e. The zero-order valence-corrected chi connectivity index (χ0v) is 10.8. The number of benzene rings is 1. The highest BCUT2D eigenvalue weighted by molar-refractivity contribution is 6.32. The summed E-state index contributed by atoms with van der Waals surface area (Å²) in [6.07, 6.45) is 3.02.